The van der Waals surface area contributed by atoms with Gasteiger partial charge in [-0.15, -0.1) is 0 Å². The van der Waals surface area contributed by atoms with Gasteiger partial charge in [-0.2, -0.15) is 0 Å². The molecule has 0 saturated carbocycles. The smallest absolute Gasteiger partial charge is 0.311 e. The summed E-state index contributed by atoms with van der Waals surface area (Å²) in [5, 5.41) is 15.1. The van der Waals surface area contributed by atoms with E-state index in [0.717, 1.165) is 28.9 Å². The molecule has 9 nitrogen and oxygen atoms in total. The first-order valence-electron chi connectivity index (χ1n) is 11.0. The zero-order chi connectivity index (χ0) is 25.1. The summed E-state index contributed by atoms with van der Waals surface area (Å²) in [7, 11) is 1.95. The van der Waals surface area contributed by atoms with Crippen molar-refractivity contribution in [3.63, 3.8) is 0 Å². The summed E-state index contributed by atoms with van der Waals surface area (Å²) in [6, 6.07) is 14.1. The van der Waals surface area contributed by atoms with E-state index in [1.54, 1.807) is 17.0 Å². The lowest BCUT2D eigenvalue weighted by atomic mass is 10.0. The first-order valence-corrected chi connectivity index (χ1v) is 11.8. The molecule has 1 aliphatic heterocycles. The number of nitrogens with zero attached hydrogens (tertiary/aromatic N) is 4. The van der Waals surface area contributed by atoms with Crippen LogP contribution in [0.5, 0.6) is 0 Å². The molecule has 3 aromatic rings. The number of pyridine rings is 1. The lowest BCUT2D eigenvalue weighted by Gasteiger charge is -2.25. The van der Waals surface area contributed by atoms with E-state index < -0.39 is 4.92 Å². The van der Waals surface area contributed by atoms with E-state index in [2.05, 4.69) is 10.3 Å². The highest BCUT2D eigenvalue weighted by Gasteiger charge is 2.25. The molecule has 184 valence electrons. The van der Waals surface area contributed by atoms with Crippen molar-refractivity contribution >= 4 is 57.8 Å². The summed E-state index contributed by atoms with van der Waals surface area (Å²) < 4.78 is 0. The lowest BCUT2D eigenvalue weighted by Crippen LogP contribution is -2.26. The van der Waals surface area contributed by atoms with Crippen LogP contribution in [0.15, 0.2) is 48.5 Å². The molecule has 1 aliphatic rings. The normalized spacial score (nSPS) is 13.2. The molecule has 3 N–H and O–H groups in total. The van der Waals surface area contributed by atoms with Crippen molar-refractivity contribution in [2.75, 3.05) is 47.5 Å². The maximum atomic E-state index is 12.5. The first-order chi connectivity index (χ1) is 16.7. The van der Waals surface area contributed by atoms with E-state index in [0.29, 0.717) is 41.9 Å². The van der Waals surface area contributed by atoms with Crippen molar-refractivity contribution in [2.45, 2.75) is 12.8 Å². The van der Waals surface area contributed by atoms with Gasteiger partial charge in [-0.3, -0.25) is 14.9 Å². The Morgan fingerprint density at radius 1 is 1.20 bits per heavy atom. The highest BCUT2D eigenvalue weighted by atomic mass is 35.5. The molecule has 35 heavy (non-hydrogen) atoms. The maximum Gasteiger partial charge on any atom is 0.311 e. The van der Waals surface area contributed by atoms with Gasteiger partial charge in [0, 0.05) is 67.5 Å². The molecule has 0 bridgehead atoms. The molecule has 0 unspecified atom stereocenters. The SMILES string of the molecule is CN(CCNc1ccc([N+](=O)[O-])c(N)n1)c1ccc(N2CCCC2=O)c(-c2ccc(Cl)cc2Cl)c1.[HH]. The largest absolute Gasteiger partial charge is 0.378 e. The van der Waals surface area contributed by atoms with Gasteiger partial charge < -0.3 is 20.9 Å². The number of carbonyl (C=O) groups excluding carboxylic acids is 1. The second-order valence-electron chi connectivity index (χ2n) is 8.18. The van der Waals surface area contributed by atoms with Gasteiger partial charge in [0.2, 0.25) is 11.7 Å². The Hall–Kier alpha value is -3.56. The highest BCUT2D eigenvalue weighted by molar-refractivity contribution is 6.36. The van der Waals surface area contributed by atoms with Crippen molar-refractivity contribution in [1.82, 2.24) is 4.98 Å². The standard InChI is InChI=1S/C24H24Cl2N6O3.H2/c1-30(12-10-28-22-9-8-21(32(34)35)24(27)29-22)16-5-7-20(31-11-2-3-23(31)33)18(14-16)17-6-4-15(25)13-19(17)26;/h4-9,13-14H,2-3,10-12H2,1H3,(H3,27,28,29);1H. The molecular weight excluding hydrogens is 491 g/mol. The Morgan fingerprint density at radius 3 is 2.66 bits per heavy atom. The van der Waals surface area contributed by atoms with Gasteiger partial charge in [0.1, 0.15) is 5.82 Å². The molecule has 2 heterocycles. The van der Waals surface area contributed by atoms with E-state index in [4.69, 9.17) is 28.9 Å². The van der Waals surface area contributed by atoms with Gasteiger partial charge in [-0.05, 0) is 42.8 Å². The van der Waals surface area contributed by atoms with Crippen molar-refractivity contribution in [3.05, 3.63) is 68.7 Å². The van der Waals surface area contributed by atoms with Crippen LogP contribution in [0.3, 0.4) is 0 Å². The molecule has 4 rings (SSSR count). The fourth-order valence-corrected chi connectivity index (χ4v) is 4.53. The predicted molar refractivity (Wildman–Crippen MR) is 143 cm³/mol. The van der Waals surface area contributed by atoms with Crippen LogP contribution in [0.25, 0.3) is 11.1 Å². The zero-order valence-corrected chi connectivity index (χ0v) is 20.5. The number of amides is 1. The minimum Gasteiger partial charge on any atom is -0.378 e. The molecular formula is C24H26Cl2N6O3. The monoisotopic (exact) mass is 516 g/mol. The number of hydrogen-bond acceptors (Lipinski definition) is 7. The Labute approximate surface area is 214 Å². The Balaban J connectivity index is 0.00000361. The average Bonchev–Trinajstić information content (AvgIpc) is 3.24. The van der Waals surface area contributed by atoms with E-state index >= 15 is 0 Å². The molecule has 2 aromatic carbocycles. The number of hydrogen-bond donors (Lipinski definition) is 2. The van der Waals surface area contributed by atoms with Crippen LogP contribution in [-0.2, 0) is 4.79 Å². The minimum atomic E-state index is -0.566. The van der Waals surface area contributed by atoms with Crippen LogP contribution in [0.4, 0.5) is 28.7 Å². The molecule has 0 radical (unpaired) electrons. The number of likely N-dealkylation sites (N-methyl/N-ethyl adjacent to an activating group) is 1. The van der Waals surface area contributed by atoms with E-state index in [9.17, 15) is 14.9 Å². The van der Waals surface area contributed by atoms with Crippen molar-refractivity contribution in [1.29, 1.82) is 0 Å². The molecule has 0 atom stereocenters. The molecule has 1 saturated heterocycles. The summed E-state index contributed by atoms with van der Waals surface area (Å²) in [5.74, 6) is 0.416. The summed E-state index contributed by atoms with van der Waals surface area (Å²) in [6.07, 6.45) is 1.35. The number of anilines is 4. The third-order valence-corrected chi connectivity index (χ3v) is 6.41. The number of rotatable bonds is 8. The van der Waals surface area contributed by atoms with Crippen LogP contribution in [-0.4, -0.2) is 42.5 Å². The third-order valence-electron chi connectivity index (χ3n) is 5.86. The second kappa shape index (κ2) is 10.4. The van der Waals surface area contributed by atoms with Crippen LogP contribution in [0.1, 0.15) is 14.3 Å². The molecule has 0 aliphatic carbocycles. The Morgan fingerprint density at radius 2 is 2.00 bits per heavy atom. The predicted octanol–water partition coefficient (Wildman–Crippen LogP) is 5.47. The molecule has 1 fully saturated rings. The van der Waals surface area contributed by atoms with E-state index in [1.807, 2.05) is 36.2 Å². The molecule has 1 aromatic heterocycles. The second-order valence-corrected chi connectivity index (χ2v) is 9.02. The summed E-state index contributed by atoms with van der Waals surface area (Å²) in [6.45, 7) is 1.79. The molecule has 0 spiro atoms. The molecule has 11 heteroatoms. The van der Waals surface area contributed by atoms with Gasteiger partial charge in [0.05, 0.1) is 10.6 Å². The number of carbonyl (C=O) groups is 1. The van der Waals surface area contributed by atoms with Crippen molar-refractivity contribution in [3.8, 4) is 11.1 Å². The van der Waals surface area contributed by atoms with Crippen LogP contribution < -0.4 is 20.9 Å². The third kappa shape index (κ3) is 5.41. The number of halogens is 2. The van der Waals surface area contributed by atoms with Gasteiger partial charge in [-0.25, -0.2) is 4.98 Å². The fraction of sp³-hybridized carbons (Fsp3) is 0.250. The summed E-state index contributed by atoms with van der Waals surface area (Å²) >= 11 is 12.6. The summed E-state index contributed by atoms with van der Waals surface area (Å²) in [4.78, 5) is 30.7. The topological polar surface area (TPSA) is 118 Å². The number of nitrogen functional groups attached to an aromatic ring is 1. The number of benzene rings is 2. The quantitative estimate of drug-likeness (QED) is 0.301. The zero-order valence-electron chi connectivity index (χ0n) is 19.0. The minimum absolute atomic E-state index is 0. The van der Waals surface area contributed by atoms with E-state index in [-0.39, 0.29) is 18.8 Å². The Kier molecular flexibility index (Phi) is 7.28. The van der Waals surface area contributed by atoms with E-state index in [1.165, 1.54) is 12.1 Å². The van der Waals surface area contributed by atoms with Crippen LogP contribution >= 0.6 is 23.2 Å². The maximum absolute atomic E-state index is 12.5. The van der Waals surface area contributed by atoms with Crippen molar-refractivity contribution in [2.24, 2.45) is 0 Å². The fourth-order valence-electron chi connectivity index (χ4n) is 4.02. The number of nitro groups is 1. The average molecular weight is 517 g/mol. The van der Waals surface area contributed by atoms with Crippen LogP contribution in [0, 0.1) is 10.1 Å². The summed E-state index contributed by atoms with van der Waals surface area (Å²) in [5.41, 5.74) is 8.83. The number of aromatic nitrogens is 1. The Bertz CT molecular complexity index is 1290. The van der Waals surface area contributed by atoms with Gasteiger partial charge in [0.15, 0.2) is 0 Å². The number of nitrogens with one attached hydrogen (secondary N) is 1. The first kappa shape index (κ1) is 24.6. The number of nitrogens with two attached hydrogens (primary N) is 1. The lowest BCUT2D eigenvalue weighted by molar-refractivity contribution is -0.384. The van der Waals surface area contributed by atoms with Crippen LogP contribution in [0.2, 0.25) is 10.0 Å². The van der Waals surface area contributed by atoms with Gasteiger partial charge >= 0.3 is 5.69 Å². The van der Waals surface area contributed by atoms with Crippen molar-refractivity contribution < 1.29 is 11.1 Å². The van der Waals surface area contributed by atoms with Gasteiger partial charge in [-0.1, -0.05) is 29.3 Å². The van der Waals surface area contributed by atoms with Gasteiger partial charge in [0.25, 0.3) is 0 Å². The highest BCUT2D eigenvalue weighted by Crippen LogP contribution is 2.40. The molecule has 1 amide bonds.